The van der Waals surface area contributed by atoms with Gasteiger partial charge < -0.3 is 10.1 Å². The molecule has 0 radical (unpaired) electrons. The van der Waals surface area contributed by atoms with E-state index in [4.69, 9.17) is 4.74 Å². The van der Waals surface area contributed by atoms with Crippen LogP contribution < -0.4 is 10.1 Å². The lowest BCUT2D eigenvalue weighted by molar-refractivity contribution is 0.414. The lowest BCUT2D eigenvalue weighted by Gasteiger charge is -2.09. The number of aryl methyl sites for hydroxylation is 2. The van der Waals surface area contributed by atoms with Crippen molar-refractivity contribution in [3.05, 3.63) is 45.7 Å². The standard InChI is InChI=1S/C15H20BrN3O/c1-4-15-12(10-19(2)18-15)9-17-8-11-7-13(20-3)5-6-14(11)16/h5-7,10,17H,4,8-9H2,1-3H3. The molecule has 1 heterocycles. The van der Waals surface area contributed by atoms with Gasteiger partial charge in [0.1, 0.15) is 5.75 Å². The third kappa shape index (κ3) is 3.61. The zero-order valence-corrected chi connectivity index (χ0v) is 13.7. The summed E-state index contributed by atoms with van der Waals surface area (Å²) < 4.78 is 8.22. The molecule has 0 aliphatic carbocycles. The van der Waals surface area contributed by atoms with Crippen molar-refractivity contribution in [1.82, 2.24) is 15.1 Å². The van der Waals surface area contributed by atoms with E-state index in [1.807, 2.05) is 29.9 Å². The van der Waals surface area contributed by atoms with Crippen LogP contribution in [-0.4, -0.2) is 16.9 Å². The summed E-state index contributed by atoms with van der Waals surface area (Å²) >= 11 is 3.57. The third-order valence-corrected chi connectivity index (χ3v) is 3.98. The second-order valence-corrected chi connectivity index (χ2v) is 5.54. The van der Waals surface area contributed by atoms with Gasteiger partial charge in [0, 0.05) is 36.4 Å². The molecule has 4 nitrogen and oxygen atoms in total. The minimum absolute atomic E-state index is 0.788. The van der Waals surface area contributed by atoms with Gasteiger partial charge in [-0.3, -0.25) is 4.68 Å². The summed E-state index contributed by atoms with van der Waals surface area (Å²) in [5.41, 5.74) is 3.60. The number of hydrogen-bond donors (Lipinski definition) is 1. The molecule has 1 N–H and O–H groups in total. The Morgan fingerprint density at radius 1 is 1.30 bits per heavy atom. The number of nitrogens with one attached hydrogen (secondary N) is 1. The predicted molar refractivity (Wildman–Crippen MR) is 83.8 cm³/mol. The minimum Gasteiger partial charge on any atom is -0.497 e. The molecule has 0 saturated heterocycles. The molecular weight excluding hydrogens is 318 g/mol. The molecule has 0 amide bonds. The Balaban J connectivity index is 1.99. The molecule has 1 aromatic carbocycles. The number of halogens is 1. The quantitative estimate of drug-likeness (QED) is 0.880. The fourth-order valence-electron chi connectivity index (χ4n) is 2.17. The van der Waals surface area contributed by atoms with Crippen molar-refractivity contribution in [2.24, 2.45) is 7.05 Å². The topological polar surface area (TPSA) is 39.1 Å². The molecule has 0 aliphatic heterocycles. The van der Waals surface area contributed by atoms with E-state index in [1.54, 1.807) is 7.11 Å². The molecule has 0 unspecified atom stereocenters. The number of rotatable bonds is 6. The van der Waals surface area contributed by atoms with Crippen molar-refractivity contribution in [3.63, 3.8) is 0 Å². The Morgan fingerprint density at radius 3 is 2.75 bits per heavy atom. The van der Waals surface area contributed by atoms with Gasteiger partial charge in [0.05, 0.1) is 12.8 Å². The molecule has 0 atom stereocenters. The highest BCUT2D eigenvalue weighted by molar-refractivity contribution is 9.10. The van der Waals surface area contributed by atoms with Gasteiger partial charge in [-0.25, -0.2) is 0 Å². The minimum atomic E-state index is 0.788. The summed E-state index contributed by atoms with van der Waals surface area (Å²) in [7, 11) is 3.64. The van der Waals surface area contributed by atoms with Gasteiger partial charge in [-0.1, -0.05) is 22.9 Å². The molecule has 1 aromatic heterocycles. The predicted octanol–water partition coefficient (Wildman–Crippen LogP) is 3.04. The van der Waals surface area contributed by atoms with E-state index < -0.39 is 0 Å². The summed E-state index contributed by atoms with van der Waals surface area (Å²) in [6.07, 6.45) is 3.03. The molecule has 2 rings (SSSR count). The van der Waals surface area contributed by atoms with Crippen LogP contribution in [0.4, 0.5) is 0 Å². The Hall–Kier alpha value is -1.33. The van der Waals surface area contributed by atoms with Gasteiger partial charge >= 0.3 is 0 Å². The molecule has 20 heavy (non-hydrogen) atoms. The normalized spacial score (nSPS) is 10.8. The van der Waals surface area contributed by atoms with Crippen LogP contribution in [0.25, 0.3) is 0 Å². The maximum Gasteiger partial charge on any atom is 0.119 e. The van der Waals surface area contributed by atoms with Crippen LogP contribution in [0.1, 0.15) is 23.7 Å². The first-order valence-electron chi connectivity index (χ1n) is 6.68. The summed E-state index contributed by atoms with van der Waals surface area (Å²) in [5, 5.41) is 7.91. The largest absolute Gasteiger partial charge is 0.497 e. The molecule has 0 spiro atoms. The molecule has 2 aromatic rings. The number of benzene rings is 1. The second kappa shape index (κ2) is 6.90. The first-order valence-corrected chi connectivity index (χ1v) is 7.47. The molecule has 0 saturated carbocycles. The van der Waals surface area contributed by atoms with Gasteiger partial charge in [-0.05, 0) is 30.2 Å². The van der Waals surface area contributed by atoms with E-state index in [-0.39, 0.29) is 0 Å². The van der Waals surface area contributed by atoms with Gasteiger partial charge in [-0.2, -0.15) is 5.10 Å². The van der Waals surface area contributed by atoms with Gasteiger partial charge in [0.15, 0.2) is 0 Å². The van der Waals surface area contributed by atoms with Crippen LogP contribution in [0, 0.1) is 0 Å². The lowest BCUT2D eigenvalue weighted by Crippen LogP contribution is -2.13. The number of aromatic nitrogens is 2. The zero-order chi connectivity index (χ0) is 14.5. The smallest absolute Gasteiger partial charge is 0.119 e. The molecule has 108 valence electrons. The van der Waals surface area contributed by atoms with Gasteiger partial charge in [0.25, 0.3) is 0 Å². The lowest BCUT2D eigenvalue weighted by atomic mass is 10.2. The Labute approximate surface area is 128 Å². The summed E-state index contributed by atoms with van der Waals surface area (Å²) in [5.74, 6) is 0.876. The fourth-order valence-corrected chi connectivity index (χ4v) is 2.56. The van der Waals surface area contributed by atoms with E-state index in [2.05, 4.69) is 39.5 Å². The number of nitrogens with zero attached hydrogens (tertiary/aromatic N) is 2. The monoisotopic (exact) mass is 337 g/mol. The Bertz CT molecular complexity index is 580. The number of hydrogen-bond acceptors (Lipinski definition) is 3. The van der Waals surface area contributed by atoms with Crippen molar-refractivity contribution >= 4 is 15.9 Å². The highest BCUT2D eigenvalue weighted by atomic mass is 79.9. The van der Waals surface area contributed by atoms with Crippen molar-refractivity contribution in [2.45, 2.75) is 26.4 Å². The van der Waals surface area contributed by atoms with Crippen LogP contribution in [0.3, 0.4) is 0 Å². The van der Waals surface area contributed by atoms with E-state index >= 15 is 0 Å². The van der Waals surface area contributed by atoms with E-state index in [0.717, 1.165) is 35.4 Å². The van der Waals surface area contributed by atoms with E-state index in [0.29, 0.717) is 0 Å². The third-order valence-electron chi connectivity index (χ3n) is 3.21. The molecule has 0 bridgehead atoms. The number of methoxy groups -OCH3 is 1. The zero-order valence-electron chi connectivity index (χ0n) is 12.1. The molecule has 0 aliphatic rings. The van der Waals surface area contributed by atoms with Crippen molar-refractivity contribution in [1.29, 1.82) is 0 Å². The molecule has 0 fully saturated rings. The number of ether oxygens (including phenoxy) is 1. The summed E-state index contributed by atoms with van der Waals surface area (Å²) in [6.45, 7) is 3.74. The van der Waals surface area contributed by atoms with Gasteiger partial charge in [-0.15, -0.1) is 0 Å². The maximum atomic E-state index is 5.25. The van der Waals surface area contributed by atoms with Crippen LogP contribution in [0.2, 0.25) is 0 Å². The van der Waals surface area contributed by atoms with Crippen LogP contribution >= 0.6 is 15.9 Å². The average Bonchev–Trinajstić information content (AvgIpc) is 2.81. The summed E-state index contributed by atoms with van der Waals surface area (Å²) in [4.78, 5) is 0. The van der Waals surface area contributed by atoms with Crippen LogP contribution in [-0.2, 0) is 26.6 Å². The first-order chi connectivity index (χ1) is 9.63. The summed E-state index contributed by atoms with van der Waals surface area (Å²) in [6, 6.07) is 6.00. The van der Waals surface area contributed by atoms with Gasteiger partial charge in [0.2, 0.25) is 0 Å². The second-order valence-electron chi connectivity index (χ2n) is 4.69. The highest BCUT2D eigenvalue weighted by Crippen LogP contribution is 2.22. The highest BCUT2D eigenvalue weighted by Gasteiger charge is 2.06. The van der Waals surface area contributed by atoms with Crippen LogP contribution in [0.15, 0.2) is 28.9 Å². The van der Waals surface area contributed by atoms with Crippen molar-refractivity contribution in [3.8, 4) is 5.75 Å². The molecular formula is C15H20BrN3O. The maximum absolute atomic E-state index is 5.25. The average molecular weight is 338 g/mol. The fraction of sp³-hybridized carbons (Fsp3) is 0.400. The van der Waals surface area contributed by atoms with Crippen molar-refractivity contribution < 1.29 is 4.74 Å². The first kappa shape index (κ1) is 15.1. The van der Waals surface area contributed by atoms with E-state index in [1.165, 1.54) is 11.1 Å². The SMILES string of the molecule is CCc1nn(C)cc1CNCc1cc(OC)ccc1Br. The Kier molecular flexibility index (Phi) is 5.20. The molecule has 5 heteroatoms. The van der Waals surface area contributed by atoms with E-state index in [9.17, 15) is 0 Å². The van der Waals surface area contributed by atoms with Crippen molar-refractivity contribution in [2.75, 3.05) is 7.11 Å². The van der Waals surface area contributed by atoms with Crippen LogP contribution in [0.5, 0.6) is 5.75 Å². The Morgan fingerprint density at radius 2 is 2.05 bits per heavy atom.